The van der Waals surface area contributed by atoms with Crippen molar-refractivity contribution in [2.45, 2.75) is 57.4 Å². The zero-order valence-corrected chi connectivity index (χ0v) is 9.31. The second-order valence-electron chi connectivity index (χ2n) is 5.11. The van der Waals surface area contributed by atoms with Crippen LogP contribution in [0.2, 0.25) is 0 Å². The first-order valence-electron chi connectivity index (χ1n) is 6.14. The molecule has 0 bridgehead atoms. The van der Waals surface area contributed by atoms with E-state index in [1.54, 1.807) is 0 Å². The molecule has 1 spiro atoms. The molecule has 2 heteroatoms. The molecule has 0 saturated heterocycles. The third-order valence-electron chi connectivity index (χ3n) is 4.62. The van der Waals surface area contributed by atoms with Crippen LogP contribution in [-0.4, -0.2) is 23.8 Å². The molecule has 0 amide bonds. The van der Waals surface area contributed by atoms with Gasteiger partial charge in [0.15, 0.2) is 0 Å². The summed E-state index contributed by atoms with van der Waals surface area (Å²) < 4.78 is 0. The first-order valence-corrected chi connectivity index (χ1v) is 6.14. The van der Waals surface area contributed by atoms with Gasteiger partial charge in [-0.05, 0) is 37.6 Å². The van der Waals surface area contributed by atoms with Gasteiger partial charge in [0.1, 0.15) is 0 Å². The van der Waals surface area contributed by atoms with E-state index in [1.165, 1.54) is 44.9 Å². The molecule has 1 atom stereocenters. The second-order valence-corrected chi connectivity index (χ2v) is 5.11. The summed E-state index contributed by atoms with van der Waals surface area (Å²) in [6.45, 7) is 3.47. The first-order chi connectivity index (χ1) is 6.79. The van der Waals surface area contributed by atoms with Gasteiger partial charge in [-0.2, -0.15) is 0 Å². The number of nitrogens with one attached hydrogen (secondary N) is 1. The Morgan fingerprint density at radius 1 is 1.07 bits per heavy atom. The van der Waals surface area contributed by atoms with Crippen molar-refractivity contribution in [1.29, 1.82) is 0 Å². The topological polar surface area (TPSA) is 32.3 Å². The Kier molecular flexibility index (Phi) is 2.85. The molecule has 2 aliphatic rings. The van der Waals surface area contributed by atoms with E-state index in [1.807, 2.05) is 0 Å². The summed E-state index contributed by atoms with van der Waals surface area (Å²) in [7, 11) is 0. The normalized spacial score (nSPS) is 35.6. The van der Waals surface area contributed by atoms with E-state index in [4.69, 9.17) is 0 Å². The van der Waals surface area contributed by atoms with Gasteiger partial charge >= 0.3 is 0 Å². The van der Waals surface area contributed by atoms with Gasteiger partial charge in [0.2, 0.25) is 0 Å². The lowest BCUT2D eigenvalue weighted by atomic mass is 9.70. The van der Waals surface area contributed by atoms with Crippen LogP contribution in [0.25, 0.3) is 0 Å². The van der Waals surface area contributed by atoms with Gasteiger partial charge in [-0.1, -0.05) is 26.2 Å². The van der Waals surface area contributed by atoms with Crippen LogP contribution in [-0.2, 0) is 0 Å². The first kappa shape index (κ1) is 10.4. The van der Waals surface area contributed by atoms with Crippen LogP contribution in [0.15, 0.2) is 0 Å². The Bertz CT molecular complexity index is 193. The molecule has 2 aliphatic carbocycles. The number of rotatable bonds is 3. The monoisotopic (exact) mass is 197 g/mol. The quantitative estimate of drug-likeness (QED) is 0.726. The maximum absolute atomic E-state index is 9.71. The van der Waals surface area contributed by atoms with Gasteiger partial charge in [0.25, 0.3) is 0 Å². The number of hydrogen-bond donors (Lipinski definition) is 2. The van der Waals surface area contributed by atoms with Crippen LogP contribution < -0.4 is 5.32 Å². The van der Waals surface area contributed by atoms with Gasteiger partial charge in [-0.15, -0.1) is 0 Å². The summed E-state index contributed by atoms with van der Waals surface area (Å²) in [6.07, 6.45) is 9.22. The van der Waals surface area contributed by atoms with Crippen LogP contribution in [0.3, 0.4) is 0 Å². The molecule has 2 nitrogen and oxygen atoms in total. The molecule has 2 N–H and O–H groups in total. The van der Waals surface area contributed by atoms with Gasteiger partial charge in [-0.25, -0.2) is 0 Å². The van der Waals surface area contributed by atoms with E-state index in [2.05, 4.69) is 12.2 Å². The predicted molar refractivity (Wildman–Crippen MR) is 58.2 cm³/mol. The zero-order valence-electron chi connectivity index (χ0n) is 9.31. The highest BCUT2D eigenvalue weighted by molar-refractivity contribution is 5.10. The molecule has 0 aromatic carbocycles. The molecule has 0 heterocycles. The van der Waals surface area contributed by atoms with Gasteiger partial charge in [-0.3, -0.25) is 0 Å². The summed E-state index contributed by atoms with van der Waals surface area (Å²) in [5, 5.41) is 13.3. The van der Waals surface area contributed by atoms with Crippen LogP contribution in [0, 0.1) is 5.41 Å². The van der Waals surface area contributed by atoms with E-state index in [0.29, 0.717) is 12.0 Å². The molecule has 2 saturated carbocycles. The van der Waals surface area contributed by atoms with E-state index in [0.717, 1.165) is 6.54 Å². The van der Waals surface area contributed by atoms with Crippen LogP contribution in [0.4, 0.5) is 0 Å². The lowest BCUT2D eigenvalue weighted by Gasteiger charge is -2.43. The SMILES string of the molecule is CCNC1(CO)CCCC12CCCC2. The summed E-state index contributed by atoms with van der Waals surface area (Å²) in [5.74, 6) is 0. The Morgan fingerprint density at radius 3 is 2.29 bits per heavy atom. The zero-order chi connectivity index (χ0) is 10.1. The predicted octanol–water partition coefficient (Wildman–Crippen LogP) is 2.07. The van der Waals surface area contributed by atoms with Crippen molar-refractivity contribution < 1.29 is 5.11 Å². The molecule has 2 rings (SSSR count). The maximum atomic E-state index is 9.71. The summed E-state index contributed by atoms with van der Waals surface area (Å²) in [6, 6.07) is 0. The van der Waals surface area contributed by atoms with Crippen molar-refractivity contribution in [3.8, 4) is 0 Å². The third-order valence-corrected chi connectivity index (χ3v) is 4.62. The van der Waals surface area contributed by atoms with Gasteiger partial charge in [0.05, 0.1) is 6.61 Å². The number of hydrogen-bond acceptors (Lipinski definition) is 2. The minimum absolute atomic E-state index is 0.0677. The molecule has 82 valence electrons. The Hall–Kier alpha value is -0.0800. The van der Waals surface area contributed by atoms with Crippen molar-refractivity contribution in [2.24, 2.45) is 5.41 Å². The Balaban J connectivity index is 2.21. The van der Waals surface area contributed by atoms with Crippen molar-refractivity contribution in [1.82, 2.24) is 5.32 Å². The van der Waals surface area contributed by atoms with Crippen LogP contribution >= 0.6 is 0 Å². The fourth-order valence-electron chi connectivity index (χ4n) is 3.93. The summed E-state index contributed by atoms with van der Waals surface area (Å²) in [4.78, 5) is 0. The van der Waals surface area contributed by atoms with Crippen molar-refractivity contribution in [3.63, 3.8) is 0 Å². The average Bonchev–Trinajstić information content (AvgIpc) is 2.78. The van der Waals surface area contributed by atoms with Crippen molar-refractivity contribution in [2.75, 3.05) is 13.2 Å². The highest BCUT2D eigenvalue weighted by Crippen LogP contribution is 2.56. The van der Waals surface area contributed by atoms with E-state index in [9.17, 15) is 5.11 Å². The van der Waals surface area contributed by atoms with Crippen molar-refractivity contribution in [3.05, 3.63) is 0 Å². The number of aliphatic hydroxyl groups excluding tert-OH is 1. The lowest BCUT2D eigenvalue weighted by molar-refractivity contribution is 0.0557. The Labute approximate surface area is 87.1 Å². The fraction of sp³-hybridized carbons (Fsp3) is 1.00. The molecule has 0 radical (unpaired) electrons. The van der Waals surface area contributed by atoms with Gasteiger partial charge in [0, 0.05) is 5.54 Å². The molecular formula is C12H23NO. The fourth-order valence-corrected chi connectivity index (χ4v) is 3.93. The number of aliphatic hydroxyl groups is 1. The maximum Gasteiger partial charge on any atom is 0.0618 e. The van der Waals surface area contributed by atoms with Crippen LogP contribution in [0.5, 0.6) is 0 Å². The lowest BCUT2D eigenvalue weighted by Crippen LogP contribution is -2.56. The molecular weight excluding hydrogens is 174 g/mol. The van der Waals surface area contributed by atoms with E-state index >= 15 is 0 Å². The Morgan fingerprint density at radius 2 is 1.71 bits per heavy atom. The molecule has 14 heavy (non-hydrogen) atoms. The smallest absolute Gasteiger partial charge is 0.0618 e. The van der Waals surface area contributed by atoms with Gasteiger partial charge < -0.3 is 10.4 Å². The molecule has 0 aromatic heterocycles. The summed E-state index contributed by atoms with van der Waals surface area (Å²) in [5.41, 5.74) is 0.510. The summed E-state index contributed by atoms with van der Waals surface area (Å²) >= 11 is 0. The van der Waals surface area contributed by atoms with Crippen LogP contribution in [0.1, 0.15) is 51.9 Å². The largest absolute Gasteiger partial charge is 0.394 e. The van der Waals surface area contributed by atoms with E-state index in [-0.39, 0.29) is 5.54 Å². The molecule has 0 aromatic rings. The third kappa shape index (κ3) is 1.31. The molecule has 1 unspecified atom stereocenters. The van der Waals surface area contributed by atoms with E-state index < -0.39 is 0 Å². The standard InChI is InChI=1S/C12H23NO/c1-2-13-12(10-14)9-5-8-11(12)6-3-4-7-11/h13-14H,2-10H2,1H3. The molecule has 2 fully saturated rings. The highest BCUT2D eigenvalue weighted by Gasteiger charge is 2.54. The highest BCUT2D eigenvalue weighted by atomic mass is 16.3. The van der Waals surface area contributed by atoms with Crippen molar-refractivity contribution >= 4 is 0 Å². The minimum atomic E-state index is 0.0677. The second kappa shape index (κ2) is 3.82. The minimum Gasteiger partial charge on any atom is -0.394 e. The average molecular weight is 197 g/mol. The molecule has 0 aliphatic heterocycles. The number of likely N-dealkylation sites (N-methyl/N-ethyl adjacent to an activating group) is 1.